The van der Waals surface area contributed by atoms with Crippen molar-refractivity contribution in [3.05, 3.63) is 35.4 Å². The molecule has 4 nitrogen and oxygen atoms in total. The molecule has 20 heavy (non-hydrogen) atoms. The highest BCUT2D eigenvalue weighted by Crippen LogP contribution is 2.29. The summed E-state index contributed by atoms with van der Waals surface area (Å²) >= 11 is 0. The number of nitrogens with one attached hydrogen (secondary N) is 1. The number of carbonyl (C=O) groups excluding carboxylic acids is 1. The standard InChI is InChI=1S/C16H23NO3/c1-3-20-16(18)15(17-10-12-4-5-12)14-8-6-13(7-9-14)11-19-2/h6-9,12,15,17H,3-5,10-11H2,1-2H3. The summed E-state index contributed by atoms with van der Waals surface area (Å²) in [6.07, 6.45) is 2.52. The molecule has 1 aromatic carbocycles. The van der Waals surface area contributed by atoms with Crippen molar-refractivity contribution >= 4 is 5.97 Å². The molecular formula is C16H23NO3. The van der Waals surface area contributed by atoms with Gasteiger partial charge < -0.3 is 14.8 Å². The normalized spacial score (nSPS) is 15.9. The average Bonchev–Trinajstić information content (AvgIpc) is 3.26. The molecule has 0 heterocycles. The van der Waals surface area contributed by atoms with Crippen molar-refractivity contribution in [3.63, 3.8) is 0 Å². The van der Waals surface area contributed by atoms with Crippen LogP contribution in [-0.2, 0) is 20.9 Å². The van der Waals surface area contributed by atoms with Gasteiger partial charge in [0.25, 0.3) is 0 Å². The zero-order valence-electron chi connectivity index (χ0n) is 12.2. The minimum absolute atomic E-state index is 0.201. The number of hydrogen-bond donors (Lipinski definition) is 1. The lowest BCUT2D eigenvalue weighted by molar-refractivity contribution is -0.145. The third-order valence-corrected chi connectivity index (χ3v) is 3.45. The highest BCUT2D eigenvalue weighted by Gasteiger charge is 2.26. The molecule has 0 amide bonds. The van der Waals surface area contributed by atoms with Crippen LogP contribution in [0.1, 0.15) is 36.9 Å². The summed E-state index contributed by atoms with van der Waals surface area (Å²) in [5, 5.41) is 3.33. The van der Waals surface area contributed by atoms with E-state index in [0.717, 1.165) is 23.6 Å². The summed E-state index contributed by atoms with van der Waals surface area (Å²) in [6, 6.07) is 7.55. The molecule has 0 aliphatic heterocycles. The highest BCUT2D eigenvalue weighted by atomic mass is 16.5. The SMILES string of the molecule is CCOC(=O)C(NCC1CC1)c1ccc(COC)cc1. The predicted octanol–water partition coefficient (Wildman–Crippen LogP) is 2.44. The Morgan fingerprint density at radius 3 is 2.60 bits per heavy atom. The lowest BCUT2D eigenvalue weighted by atomic mass is 10.0. The van der Waals surface area contributed by atoms with E-state index in [1.165, 1.54) is 12.8 Å². The van der Waals surface area contributed by atoms with Gasteiger partial charge in [0, 0.05) is 7.11 Å². The van der Waals surface area contributed by atoms with E-state index >= 15 is 0 Å². The quantitative estimate of drug-likeness (QED) is 0.741. The fourth-order valence-corrected chi connectivity index (χ4v) is 2.14. The van der Waals surface area contributed by atoms with Crippen LogP contribution in [0.15, 0.2) is 24.3 Å². The van der Waals surface area contributed by atoms with Gasteiger partial charge in [-0.25, -0.2) is 4.79 Å². The van der Waals surface area contributed by atoms with Crippen LogP contribution in [0.3, 0.4) is 0 Å². The minimum atomic E-state index is -0.368. The number of carbonyl (C=O) groups is 1. The van der Waals surface area contributed by atoms with E-state index in [1.54, 1.807) is 7.11 Å². The fourth-order valence-electron chi connectivity index (χ4n) is 2.14. The molecule has 1 unspecified atom stereocenters. The molecule has 1 saturated carbocycles. The summed E-state index contributed by atoms with van der Waals surface area (Å²) < 4.78 is 10.3. The van der Waals surface area contributed by atoms with Gasteiger partial charge >= 0.3 is 5.97 Å². The van der Waals surface area contributed by atoms with Crippen molar-refractivity contribution in [1.82, 2.24) is 5.32 Å². The minimum Gasteiger partial charge on any atom is -0.465 e. The molecule has 1 atom stereocenters. The average molecular weight is 277 g/mol. The Bertz CT molecular complexity index is 426. The van der Waals surface area contributed by atoms with Crippen LogP contribution in [-0.4, -0.2) is 26.2 Å². The number of hydrogen-bond acceptors (Lipinski definition) is 4. The van der Waals surface area contributed by atoms with Crippen LogP contribution in [0.2, 0.25) is 0 Å². The van der Waals surface area contributed by atoms with Crippen molar-refractivity contribution < 1.29 is 14.3 Å². The van der Waals surface area contributed by atoms with Gasteiger partial charge in [-0.1, -0.05) is 24.3 Å². The molecule has 1 fully saturated rings. The maximum absolute atomic E-state index is 12.1. The van der Waals surface area contributed by atoms with Gasteiger partial charge in [0.15, 0.2) is 0 Å². The van der Waals surface area contributed by atoms with Gasteiger partial charge in [-0.3, -0.25) is 0 Å². The maximum atomic E-state index is 12.1. The lowest BCUT2D eigenvalue weighted by Crippen LogP contribution is -2.31. The molecule has 110 valence electrons. The molecule has 1 N–H and O–H groups in total. The van der Waals surface area contributed by atoms with E-state index in [9.17, 15) is 4.79 Å². The molecule has 0 aromatic heterocycles. The first kappa shape index (κ1) is 15.0. The van der Waals surface area contributed by atoms with Gasteiger partial charge in [-0.05, 0) is 43.4 Å². The Balaban J connectivity index is 2.04. The Morgan fingerprint density at radius 2 is 2.05 bits per heavy atom. The zero-order valence-corrected chi connectivity index (χ0v) is 12.2. The van der Waals surface area contributed by atoms with Crippen molar-refractivity contribution in [3.8, 4) is 0 Å². The van der Waals surface area contributed by atoms with Crippen LogP contribution in [0, 0.1) is 5.92 Å². The Morgan fingerprint density at radius 1 is 1.35 bits per heavy atom. The molecule has 1 aliphatic carbocycles. The molecule has 0 radical (unpaired) electrons. The van der Waals surface area contributed by atoms with Gasteiger partial charge in [-0.2, -0.15) is 0 Å². The van der Waals surface area contributed by atoms with Crippen molar-refractivity contribution in [2.75, 3.05) is 20.3 Å². The summed E-state index contributed by atoms with van der Waals surface area (Å²) in [5.41, 5.74) is 2.05. The highest BCUT2D eigenvalue weighted by molar-refractivity contribution is 5.77. The summed E-state index contributed by atoms with van der Waals surface area (Å²) in [4.78, 5) is 12.1. The first-order valence-electron chi connectivity index (χ1n) is 7.22. The molecule has 4 heteroatoms. The lowest BCUT2D eigenvalue weighted by Gasteiger charge is -2.18. The molecule has 0 spiro atoms. The largest absolute Gasteiger partial charge is 0.465 e. The van der Waals surface area contributed by atoms with Crippen LogP contribution < -0.4 is 5.32 Å². The van der Waals surface area contributed by atoms with E-state index in [-0.39, 0.29) is 12.0 Å². The van der Waals surface area contributed by atoms with Gasteiger partial charge in [0.2, 0.25) is 0 Å². The van der Waals surface area contributed by atoms with E-state index in [0.29, 0.717) is 13.2 Å². The molecule has 0 bridgehead atoms. The molecule has 1 aliphatic rings. The fraction of sp³-hybridized carbons (Fsp3) is 0.562. The third kappa shape index (κ3) is 4.32. The number of esters is 1. The van der Waals surface area contributed by atoms with Crippen LogP contribution in [0.25, 0.3) is 0 Å². The van der Waals surface area contributed by atoms with E-state index in [4.69, 9.17) is 9.47 Å². The van der Waals surface area contributed by atoms with Crippen molar-refractivity contribution in [2.24, 2.45) is 5.92 Å². The molecule has 0 saturated heterocycles. The van der Waals surface area contributed by atoms with Crippen molar-refractivity contribution in [2.45, 2.75) is 32.4 Å². The number of ether oxygens (including phenoxy) is 2. The second-order valence-electron chi connectivity index (χ2n) is 5.21. The monoisotopic (exact) mass is 277 g/mol. The maximum Gasteiger partial charge on any atom is 0.327 e. The van der Waals surface area contributed by atoms with E-state index < -0.39 is 0 Å². The van der Waals surface area contributed by atoms with Crippen LogP contribution in [0.4, 0.5) is 0 Å². The predicted molar refractivity (Wildman–Crippen MR) is 77.3 cm³/mol. The van der Waals surface area contributed by atoms with Crippen molar-refractivity contribution in [1.29, 1.82) is 0 Å². The third-order valence-electron chi connectivity index (χ3n) is 3.45. The summed E-state index contributed by atoms with van der Waals surface area (Å²) in [5.74, 6) is 0.521. The number of rotatable bonds is 8. The van der Waals surface area contributed by atoms with E-state index in [2.05, 4.69) is 5.32 Å². The summed E-state index contributed by atoms with van der Waals surface area (Å²) in [6.45, 7) is 3.70. The Labute approximate surface area is 120 Å². The number of methoxy groups -OCH3 is 1. The van der Waals surface area contributed by atoms with Crippen LogP contribution in [0.5, 0.6) is 0 Å². The first-order chi connectivity index (χ1) is 9.74. The Kier molecular flexibility index (Phi) is 5.56. The van der Waals surface area contributed by atoms with Gasteiger partial charge in [0.05, 0.1) is 13.2 Å². The second-order valence-corrected chi connectivity index (χ2v) is 5.21. The first-order valence-corrected chi connectivity index (χ1v) is 7.22. The second kappa shape index (κ2) is 7.41. The zero-order chi connectivity index (χ0) is 14.4. The van der Waals surface area contributed by atoms with Gasteiger partial charge in [-0.15, -0.1) is 0 Å². The van der Waals surface area contributed by atoms with Crippen LogP contribution >= 0.6 is 0 Å². The summed E-state index contributed by atoms with van der Waals surface area (Å²) in [7, 11) is 1.67. The number of benzene rings is 1. The van der Waals surface area contributed by atoms with Gasteiger partial charge in [0.1, 0.15) is 6.04 Å². The smallest absolute Gasteiger partial charge is 0.327 e. The molecular weight excluding hydrogens is 254 g/mol. The van der Waals surface area contributed by atoms with E-state index in [1.807, 2.05) is 31.2 Å². The molecule has 1 aromatic rings. The topological polar surface area (TPSA) is 47.6 Å². The molecule has 2 rings (SSSR count). The Hall–Kier alpha value is -1.39.